The zero-order valence-electron chi connectivity index (χ0n) is 38.0. The average Bonchev–Trinajstić information content (AvgIpc) is 3.42. The molecule has 330 valence electrons. The molecular weight excluding hydrogens is 841 g/mol. The fraction of sp³-hybridized carbons (Fsp3) is 0.0635. The third kappa shape index (κ3) is 10.3. The molecule has 0 saturated heterocycles. The van der Waals surface area contributed by atoms with Crippen LogP contribution in [-0.4, -0.2) is 20.8 Å². The standard InChI is InChI=1S/C63H54N4Si/c64-62(67-63(50-24-10-3-11-25-50)65-45-46-20-6-1-7-21-46)49-38-36-47(37-39-49)53-40-41-60(59(44-53)48-22-8-2-9-23-48)66-55-29-19-27-52(43-55)51-26-18-28-54(42-51)58-34-16-17-35-61(58)68(56-30-12-4-13-31-56)57-32-14-5-15-33-57/h1-10,12-24,26-44,63,65-66,68H,11,25,45H2,(H2,64,67). The highest BCUT2D eigenvalue weighted by Crippen LogP contribution is 2.36. The minimum atomic E-state index is -1.76. The van der Waals surface area contributed by atoms with Gasteiger partial charge in [-0.1, -0.05) is 235 Å². The molecule has 0 saturated carbocycles. The Labute approximate surface area is 402 Å². The Kier molecular flexibility index (Phi) is 13.5. The van der Waals surface area contributed by atoms with Crippen molar-refractivity contribution in [3.8, 4) is 44.5 Å². The monoisotopic (exact) mass is 894 g/mol. The van der Waals surface area contributed by atoms with E-state index in [-0.39, 0.29) is 6.17 Å². The first-order chi connectivity index (χ1) is 33.6. The number of nitrogens with two attached hydrogens (primary N) is 1. The van der Waals surface area contributed by atoms with Crippen LogP contribution < -0.4 is 31.9 Å². The summed E-state index contributed by atoms with van der Waals surface area (Å²) in [5, 5.41) is 11.7. The molecule has 1 atom stereocenters. The number of amidine groups is 1. The van der Waals surface area contributed by atoms with Gasteiger partial charge in [-0.3, -0.25) is 5.32 Å². The summed E-state index contributed by atoms with van der Waals surface area (Å²) in [6.07, 6.45) is 8.23. The molecule has 9 aromatic rings. The lowest BCUT2D eigenvalue weighted by molar-refractivity contribution is 0.571. The molecule has 1 unspecified atom stereocenters. The fourth-order valence-corrected chi connectivity index (χ4v) is 12.5. The van der Waals surface area contributed by atoms with Gasteiger partial charge in [-0.05, 0) is 98.4 Å². The van der Waals surface area contributed by atoms with E-state index in [4.69, 9.17) is 10.7 Å². The molecule has 4 nitrogen and oxygen atoms in total. The smallest absolute Gasteiger partial charge is 0.133 e. The summed E-state index contributed by atoms with van der Waals surface area (Å²) in [5.41, 5.74) is 21.5. The number of anilines is 2. The molecule has 0 radical (unpaired) electrons. The quantitative estimate of drug-likeness (QED) is 0.0416. The molecule has 0 fully saturated rings. The van der Waals surface area contributed by atoms with Crippen LogP contribution >= 0.6 is 0 Å². The zero-order chi connectivity index (χ0) is 45.9. The van der Waals surface area contributed by atoms with Crippen LogP contribution in [0.4, 0.5) is 11.4 Å². The first-order valence-corrected chi connectivity index (χ1v) is 25.3. The Bertz CT molecular complexity index is 3160. The Morgan fingerprint density at radius 2 is 1.10 bits per heavy atom. The van der Waals surface area contributed by atoms with E-state index in [1.54, 1.807) is 0 Å². The summed E-state index contributed by atoms with van der Waals surface area (Å²) in [4.78, 5) is 5.04. The molecule has 68 heavy (non-hydrogen) atoms. The maximum absolute atomic E-state index is 6.75. The second-order valence-electron chi connectivity index (χ2n) is 17.3. The second-order valence-corrected chi connectivity index (χ2v) is 20.1. The molecule has 10 rings (SSSR count). The molecular formula is C63H54N4Si. The average molecular weight is 895 g/mol. The number of nitrogens with zero attached hydrogens (tertiary/aromatic N) is 1. The number of allylic oxidation sites excluding steroid dienone is 3. The highest BCUT2D eigenvalue weighted by molar-refractivity contribution is 6.96. The summed E-state index contributed by atoms with van der Waals surface area (Å²) < 4.78 is 0. The van der Waals surface area contributed by atoms with Crippen LogP contribution in [0.3, 0.4) is 0 Å². The topological polar surface area (TPSA) is 62.4 Å². The van der Waals surface area contributed by atoms with Gasteiger partial charge in [-0.25, -0.2) is 4.99 Å². The van der Waals surface area contributed by atoms with Crippen molar-refractivity contribution in [1.82, 2.24) is 5.32 Å². The minimum absolute atomic E-state index is 0.207. The van der Waals surface area contributed by atoms with Crippen molar-refractivity contribution >= 4 is 41.6 Å². The molecule has 0 aliphatic heterocycles. The number of hydrogen-bond acceptors (Lipinski definition) is 3. The highest BCUT2D eigenvalue weighted by Gasteiger charge is 2.22. The van der Waals surface area contributed by atoms with Gasteiger partial charge in [0.1, 0.15) is 20.8 Å². The van der Waals surface area contributed by atoms with Crippen molar-refractivity contribution in [3.05, 3.63) is 272 Å². The summed E-state index contributed by atoms with van der Waals surface area (Å²) in [5.74, 6) is 0.516. The predicted octanol–water partition coefficient (Wildman–Crippen LogP) is 12.4. The molecule has 0 amide bonds. The third-order valence-electron chi connectivity index (χ3n) is 12.8. The largest absolute Gasteiger partial charge is 0.383 e. The number of rotatable bonds is 15. The van der Waals surface area contributed by atoms with Crippen LogP contribution in [0.25, 0.3) is 44.5 Å². The van der Waals surface area contributed by atoms with Gasteiger partial charge in [0.25, 0.3) is 0 Å². The highest BCUT2D eigenvalue weighted by atomic mass is 28.3. The SMILES string of the molecule is NC(=NC(NCc1ccccc1)C1=CC=CCC1)c1ccc(-c2ccc(Nc3cccc(-c4cccc(-c5ccccc5[SiH](c5ccccc5)c5ccccc5)c4)c3)c(-c3ccccc3)c2)cc1. The Balaban J connectivity index is 0.913. The van der Waals surface area contributed by atoms with Crippen LogP contribution in [0.5, 0.6) is 0 Å². The van der Waals surface area contributed by atoms with E-state index in [9.17, 15) is 0 Å². The number of hydrogen-bond donors (Lipinski definition) is 3. The van der Waals surface area contributed by atoms with Crippen LogP contribution in [0.15, 0.2) is 265 Å². The normalized spacial score (nSPS) is 13.0. The lowest BCUT2D eigenvalue weighted by Gasteiger charge is -2.21. The second kappa shape index (κ2) is 21.0. The van der Waals surface area contributed by atoms with E-state index in [1.165, 1.54) is 43.4 Å². The number of aliphatic imine (C=N–C) groups is 1. The van der Waals surface area contributed by atoms with Crippen LogP contribution in [0.2, 0.25) is 0 Å². The summed E-state index contributed by atoms with van der Waals surface area (Å²) in [7, 11) is -1.76. The maximum Gasteiger partial charge on any atom is 0.133 e. The van der Waals surface area contributed by atoms with E-state index >= 15 is 0 Å². The van der Waals surface area contributed by atoms with Gasteiger partial charge in [0.2, 0.25) is 0 Å². The van der Waals surface area contributed by atoms with E-state index in [0.717, 1.165) is 57.6 Å². The Hall–Kier alpha value is -8.09. The molecule has 1 aliphatic rings. The first-order valence-electron chi connectivity index (χ1n) is 23.6. The zero-order valence-corrected chi connectivity index (χ0v) is 39.2. The molecule has 0 heterocycles. The van der Waals surface area contributed by atoms with E-state index < -0.39 is 8.80 Å². The molecule has 4 N–H and O–H groups in total. The van der Waals surface area contributed by atoms with Crippen LogP contribution in [0.1, 0.15) is 24.0 Å². The molecule has 0 aromatic heterocycles. The minimum Gasteiger partial charge on any atom is -0.383 e. The molecule has 1 aliphatic carbocycles. The summed E-state index contributed by atoms with van der Waals surface area (Å²) in [6.45, 7) is 0.707. The third-order valence-corrected chi connectivity index (χ3v) is 16.0. The Morgan fingerprint density at radius 3 is 1.81 bits per heavy atom. The lowest BCUT2D eigenvalue weighted by atomic mass is 9.96. The van der Waals surface area contributed by atoms with Gasteiger partial charge in [0.05, 0.1) is 0 Å². The summed E-state index contributed by atoms with van der Waals surface area (Å²) in [6, 6.07) is 85.0. The van der Waals surface area contributed by atoms with Gasteiger partial charge in [-0.2, -0.15) is 0 Å². The van der Waals surface area contributed by atoms with E-state index in [2.05, 4.69) is 259 Å². The predicted molar refractivity (Wildman–Crippen MR) is 291 cm³/mol. The molecule has 0 bridgehead atoms. The van der Waals surface area contributed by atoms with Crippen molar-refractivity contribution in [2.24, 2.45) is 10.7 Å². The van der Waals surface area contributed by atoms with Gasteiger partial charge >= 0.3 is 0 Å². The van der Waals surface area contributed by atoms with Gasteiger partial charge in [0.15, 0.2) is 0 Å². The van der Waals surface area contributed by atoms with Crippen LogP contribution in [-0.2, 0) is 6.54 Å². The fourth-order valence-electron chi connectivity index (χ4n) is 9.31. The van der Waals surface area contributed by atoms with Crippen molar-refractivity contribution in [2.45, 2.75) is 25.6 Å². The van der Waals surface area contributed by atoms with Crippen molar-refractivity contribution < 1.29 is 0 Å². The van der Waals surface area contributed by atoms with Gasteiger partial charge in [-0.15, -0.1) is 0 Å². The molecule has 9 aromatic carbocycles. The van der Waals surface area contributed by atoms with E-state index in [0.29, 0.717) is 12.4 Å². The summed E-state index contributed by atoms with van der Waals surface area (Å²) >= 11 is 0. The van der Waals surface area contributed by atoms with Crippen molar-refractivity contribution in [1.29, 1.82) is 0 Å². The van der Waals surface area contributed by atoms with Gasteiger partial charge in [0, 0.05) is 29.0 Å². The van der Waals surface area contributed by atoms with Crippen molar-refractivity contribution in [3.63, 3.8) is 0 Å². The molecule has 0 spiro atoms. The lowest BCUT2D eigenvalue weighted by Crippen LogP contribution is -2.52. The van der Waals surface area contributed by atoms with Gasteiger partial charge < -0.3 is 11.1 Å². The Morgan fingerprint density at radius 1 is 0.515 bits per heavy atom. The number of nitrogens with one attached hydrogen (secondary N) is 2. The first kappa shape index (κ1) is 43.8. The van der Waals surface area contributed by atoms with Crippen molar-refractivity contribution in [2.75, 3.05) is 5.32 Å². The number of benzene rings is 9. The van der Waals surface area contributed by atoms with Crippen LogP contribution in [0, 0.1) is 0 Å². The molecule has 5 heteroatoms. The maximum atomic E-state index is 6.75. The van der Waals surface area contributed by atoms with E-state index in [1.807, 2.05) is 6.07 Å².